The zero-order chi connectivity index (χ0) is 13.5. The maximum absolute atomic E-state index is 9.99. The molecule has 1 heterocycles. The summed E-state index contributed by atoms with van der Waals surface area (Å²) in [4.78, 5) is 0. The van der Waals surface area contributed by atoms with Gasteiger partial charge in [0.25, 0.3) is 0 Å². The fourth-order valence-electron chi connectivity index (χ4n) is 2.47. The Bertz CT molecular complexity index is 562. The molecule has 0 atom stereocenters. The molecule has 0 aliphatic carbocycles. The second-order valence-electron chi connectivity index (χ2n) is 5.83. The smallest absolute Gasteiger partial charge is 0.116 e. The molecule has 18 heavy (non-hydrogen) atoms. The fourth-order valence-corrected chi connectivity index (χ4v) is 2.47. The van der Waals surface area contributed by atoms with E-state index >= 15 is 0 Å². The second-order valence-corrected chi connectivity index (χ2v) is 5.83. The third kappa shape index (κ3) is 2.51. The quantitative estimate of drug-likeness (QED) is 0.874. The Morgan fingerprint density at radius 1 is 1.22 bits per heavy atom. The lowest BCUT2D eigenvalue weighted by atomic mass is 10.0. The molecule has 2 rings (SSSR count). The van der Waals surface area contributed by atoms with Crippen molar-refractivity contribution in [1.82, 2.24) is 4.57 Å². The average molecular weight is 247 g/mol. The van der Waals surface area contributed by atoms with Crippen molar-refractivity contribution in [3.8, 4) is 5.75 Å². The second kappa shape index (κ2) is 4.32. The average Bonchev–Trinajstić information content (AvgIpc) is 2.51. The van der Waals surface area contributed by atoms with E-state index in [2.05, 4.69) is 18.4 Å². The first-order valence-corrected chi connectivity index (χ1v) is 6.33. The van der Waals surface area contributed by atoms with E-state index in [1.54, 1.807) is 12.1 Å². The van der Waals surface area contributed by atoms with Crippen LogP contribution in [0.3, 0.4) is 0 Å². The van der Waals surface area contributed by atoms with Gasteiger partial charge in [0.2, 0.25) is 0 Å². The first kappa shape index (κ1) is 13.0. The Morgan fingerprint density at radius 3 is 2.44 bits per heavy atom. The van der Waals surface area contributed by atoms with Gasteiger partial charge in [0.15, 0.2) is 0 Å². The highest BCUT2D eigenvalue weighted by Gasteiger charge is 2.19. The minimum atomic E-state index is -0.733. The van der Waals surface area contributed by atoms with Crippen LogP contribution in [-0.2, 0) is 6.42 Å². The third-order valence-corrected chi connectivity index (χ3v) is 3.03. The molecule has 3 heteroatoms. The predicted octanol–water partition coefficient (Wildman–Crippen LogP) is 3.24. The Morgan fingerprint density at radius 2 is 1.89 bits per heavy atom. The first-order valence-electron chi connectivity index (χ1n) is 6.33. The SMILES string of the molecule is CC(C)n1c(CC(C)(C)O)cc2cc(O)ccc21. The van der Waals surface area contributed by atoms with Crippen LogP contribution < -0.4 is 0 Å². The van der Waals surface area contributed by atoms with E-state index in [4.69, 9.17) is 0 Å². The summed E-state index contributed by atoms with van der Waals surface area (Å²) in [6.45, 7) is 7.87. The summed E-state index contributed by atoms with van der Waals surface area (Å²) < 4.78 is 2.22. The summed E-state index contributed by atoms with van der Waals surface area (Å²) >= 11 is 0. The van der Waals surface area contributed by atoms with Crippen molar-refractivity contribution >= 4 is 10.9 Å². The number of rotatable bonds is 3. The summed E-state index contributed by atoms with van der Waals surface area (Å²) in [5, 5.41) is 20.6. The van der Waals surface area contributed by atoms with Gasteiger partial charge in [-0.15, -0.1) is 0 Å². The van der Waals surface area contributed by atoms with Gasteiger partial charge in [-0.05, 0) is 52.0 Å². The van der Waals surface area contributed by atoms with E-state index in [0.717, 1.165) is 16.6 Å². The van der Waals surface area contributed by atoms with Crippen LogP contribution in [0.1, 0.15) is 39.4 Å². The number of phenolic OH excluding ortho intramolecular Hbond substituents is 1. The highest BCUT2D eigenvalue weighted by Crippen LogP contribution is 2.29. The monoisotopic (exact) mass is 247 g/mol. The lowest BCUT2D eigenvalue weighted by Crippen LogP contribution is -2.24. The third-order valence-electron chi connectivity index (χ3n) is 3.03. The van der Waals surface area contributed by atoms with Crippen molar-refractivity contribution in [2.45, 2.75) is 45.8 Å². The molecule has 2 aromatic rings. The molecule has 0 aliphatic rings. The van der Waals surface area contributed by atoms with Gasteiger partial charge in [-0.3, -0.25) is 0 Å². The van der Waals surface area contributed by atoms with Crippen molar-refractivity contribution in [3.05, 3.63) is 30.0 Å². The fraction of sp³-hybridized carbons (Fsp3) is 0.467. The van der Waals surface area contributed by atoms with Crippen molar-refractivity contribution in [1.29, 1.82) is 0 Å². The van der Waals surface area contributed by atoms with Crippen LogP contribution in [0.15, 0.2) is 24.3 Å². The summed E-state index contributed by atoms with van der Waals surface area (Å²) in [6.07, 6.45) is 0.598. The number of hydrogen-bond donors (Lipinski definition) is 2. The van der Waals surface area contributed by atoms with Gasteiger partial charge in [-0.25, -0.2) is 0 Å². The minimum absolute atomic E-state index is 0.276. The van der Waals surface area contributed by atoms with Crippen LogP contribution in [0, 0.1) is 0 Å². The van der Waals surface area contributed by atoms with Crippen LogP contribution in [0.2, 0.25) is 0 Å². The Kier molecular flexibility index (Phi) is 3.11. The van der Waals surface area contributed by atoms with E-state index in [-0.39, 0.29) is 5.75 Å². The summed E-state index contributed by atoms with van der Waals surface area (Å²) in [6, 6.07) is 7.77. The lowest BCUT2D eigenvalue weighted by Gasteiger charge is -2.21. The number of aromatic hydroxyl groups is 1. The van der Waals surface area contributed by atoms with Crippen molar-refractivity contribution in [2.75, 3.05) is 0 Å². The standard InChI is InChI=1S/C15H21NO2/c1-10(2)16-12(9-15(3,4)18)7-11-8-13(17)5-6-14(11)16/h5-8,10,17-18H,9H2,1-4H3. The Labute approximate surface area is 108 Å². The summed E-state index contributed by atoms with van der Waals surface area (Å²) in [7, 11) is 0. The van der Waals surface area contributed by atoms with Gasteiger partial charge in [-0.2, -0.15) is 0 Å². The summed E-state index contributed by atoms with van der Waals surface area (Å²) in [5.41, 5.74) is 1.46. The van der Waals surface area contributed by atoms with Gasteiger partial charge in [-0.1, -0.05) is 0 Å². The minimum Gasteiger partial charge on any atom is -0.508 e. The first-order chi connectivity index (χ1) is 8.28. The molecule has 0 amide bonds. The van der Waals surface area contributed by atoms with Gasteiger partial charge in [0, 0.05) is 29.1 Å². The highest BCUT2D eigenvalue weighted by molar-refractivity contribution is 5.83. The van der Waals surface area contributed by atoms with Crippen molar-refractivity contribution in [2.24, 2.45) is 0 Å². The Balaban J connectivity index is 2.61. The zero-order valence-electron chi connectivity index (χ0n) is 11.4. The number of fused-ring (bicyclic) bond motifs is 1. The maximum Gasteiger partial charge on any atom is 0.116 e. The van der Waals surface area contributed by atoms with Gasteiger partial charge in [0.1, 0.15) is 5.75 Å². The molecule has 0 radical (unpaired) electrons. The van der Waals surface area contributed by atoms with Crippen molar-refractivity contribution < 1.29 is 10.2 Å². The van der Waals surface area contributed by atoms with E-state index in [9.17, 15) is 10.2 Å². The van der Waals surface area contributed by atoms with E-state index in [1.165, 1.54) is 0 Å². The molecule has 98 valence electrons. The molecule has 1 aromatic carbocycles. The van der Waals surface area contributed by atoms with Gasteiger partial charge >= 0.3 is 0 Å². The van der Waals surface area contributed by atoms with Crippen LogP contribution in [0.5, 0.6) is 5.75 Å². The number of aromatic nitrogens is 1. The van der Waals surface area contributed by atoms with Gasteiger partial charge < -0.3 is 14.8 Å². The molecular weight excluding hydrogens is 226 g/mol. The molecule has 1 aromatic heterocycles. The molecule has 0 bridgehead atoms. The number of aliphatic hydroxyl groups is 1. The zero-order valence-corrected chi connectivity index (χ0v) is 11.4. The normalized spacial score (nSPS) is 12.6. The molecule has 0 aliphatic heterocycles. The molecule has 3 nitrogen and oxygen atoms in total. The van der Waals surface area contributed by atoms with Crippen LogP contribution >= 0.6 is 0 Å². The molecular formula is C15H21NO2. The maximum atomic E-state index is 9.99. The number of nitrogens with zero attached hydrogens (tertiary/aromatic N) is 1. The van der Waals surface area contributed by atoms with Crippen LogP contribution in [0.4, 0.5) is 0 Å². The van der Waals surface area contributed by atoms with Crippen LogP contribution in [0.25, 0.3) is 10.9 Å². The number of hydrogen-bond acceptors (Lipinski definition) is 2. The molecule has 0 saturated carbocycles. The topological polar surface area (TPSA) is 45.4 Å². The molecule has 0 unspecified atom stereocenters. The van der Waals surface area contributed by atoms with Crippen molar-refractivity contribution in [3.63, 3.8) is 0 Å². The largest absolute Gasteiger partial charge is 0.508 e. The lowest BCUT2D eigenvalue weighted by molar-refractivity contribution is 0.0789. The molecule has 2 N–H and O–H groups in total. The molecule has 0 spiro atoms. The van der Waals surface area contributed by atoms with E-state index < -0.39 is 5.60 Å². The molecule has 0 saturated heterocycles. The number of phenols is 1. The summed E-state index contributed by atoms with van der Waals surface area (Å²) in [5.74, 6) is 0.276. The van der Waals surface area contributed by atoms with Gasteiger partial charge in [0.05, 0.1) is 5.60 Å². The number of benzene rings is 1. The predicted molar refractivity (Wildman–Crippen MR) is 74.0 cm³/mol. The Hall–Kier alpha value is -1.48. The van der Waals surface area contributed by atoms with E-state index in [1.807, 2.05) is 26.0 Å². The van der Waals surface area contributed by atoms with E-state index in [0.29, 0.717) is 12.5 Å². The highest BCUT2D eigenvalue weighted by atomic mass is 16.3. The molecule has 0 fully saturated rings. The van der Waals surface area contributed by atoms with Crippen LogP contribution in [-0.4, -0.2) is 20.4 Å².